The van der Waals surface area contributed by atoms with Gasteiger partial charge in [-0.25, -0.2) is 0 Å². The van der Waals surface area contributed by atoms with Crippen molar-refractivity contribution in [1.82, 2.24) is 0 Å². The molecule has 0 aliphatic heterocycles. The summed E-state index contributed by atoms with van der Waals surface area (Å²) in [5.74, 6) is -0.922. The molecule has 6 nitrogen and oxygen atoms in total. The van der Waals surface area contributed by atoms with E-state index in [4.69, 9.17) is 14.2 Å². The standard InChI is InChI=1S/C75H130O6/c1-4-7-10-13-16-19-22-24-26-28-30-31-32-33-34-35-36-37-38-39-40-41-42-43-45-46-48-50-53-56-59-62-65-68-74(77)80-71-72(70-79-73(76)67-64-61-58-55-52-21-18-15-12-9-6-3)81-75(78)69-66-63-60-57-54-51-49-47-44-29-27-25-23-20-17-14-11-8-5-2/h8,11,15,17-18,20,22,24-25,27-28,30,44,47,51,54,72H,4-7,9-10,12-14,16,19,21,23,26,29,31-43,45-46,48-50,52-53,55-71H2,1-3H3/b11-8-,18-15-,20-17-,24-22-,27-25-,30-28-,47-44-,54-51-. The number of ether oxygens (including phenoxy) is 3. The lowest BCUT2D eigenvalue weighted by Crippen LogP contribution is -2.30. The number of hydrogen-bond donors (Lipinski definition) is 0. The highest BCUT2D eigenvalue weighted by Gasteiger charge is 2.19. The molecular weight excluding hydrogens is 997 g/mol. The van der Waals surface area contributed by atoms with Crippen LogP contribution < -0.4 is 0 Å². The number of carbonyl (C=O) groups is 3. The van der Waals surface area contributed by atoms with Gasteiger partial charge in [-0.05, 0) is 116 Å². The van der Waals surface area contributed by atoms with Gasteiger partial charge in [-0.3, -0.25) is 14.4 Å². The van der Waals surface area contributed by atoms with Gasteiger partial charge in [0.25, 0.3) is 0 Å². The normalized spacial score (nSPS) is 12.7. The lowest BCUT2D eigenvalue weighted by atomic mass is 10.0. The second kappa shape index (κ2) is 68.8. The van der Waals surface area contributed by atoms with Crippen molar-refractivity contribution in [3.05, 3.63) is 97.2 Å². The fourth-order valence-electron chi connectivity index (χ4n) is 9.84. The minimum atomic E-state index is -0.798. The van der Waals surface area contributed by atoms with Gasteiger partial charge >= 0.3 is 17.9 Å². The zero-order chi connectivity index (χ0) is 58.5. The molecule has 0 aliphatic rings. The van der Waals surface area contributed by atoms with E-state index in [0.717, 1.165) is 116 Å². The van der Waals surface area contributed by atoms with Crippen molar-refractivity contribution >= 4 is 17.9 Å². The van der Waals surface area contributed by atoms with E-state index in [0.29, 0.717) is 12.8 Å². The Balaban J connectivity index is 4.16. The highest BCUT2D eigenvalue weighted by molar-refractivity contribution is 5.71. The van der Waals surface area contributed by atoms with Crippen LogP contribution in [-0.2, 0) is 28.6 Å². The van der Waals surface area contributed by atoms with Crippen LogP contribution in [0.25, 0.3) is 0 Å². The Kier molecular flexibility index (Phi) is 65.7. The zero-order valence-corrected chi connectivity index (χ0v) is 53.5. The first kappa shape index (κ1) is 77.3. The molecule has 0 rings (SSSR count). The minimum absolute atomic E-state index is 0.0912. The second-order valence-corrected chi connectivity index (χ2v) is 23.1. The van der Waals surface area contributed by atoms with Gasteiger partial charge in [0.15, 0.2) is 6.10 Å². The average Bonchev–Trinajstić information content (AvgIpc) is 3.47. The molecule has 1 atom stereocenters. The SMILES string of the molecule is CC/C=C\C/C=C\C/C=C\C/C=C\C/C=C\CCCCCC(=O)OC(COC(=O)CCCCCCC/C=C\CCCC)COC(=O)CCCCCCCCCCCCCCCCCCCCCCC/C=C\C/C=C\CCCCCCC. The zero-order valence-electron chi connectivity index (χ0n) is 53.5. The van der Waals surface area contributed by atoms with Crippen LogP contribution in [0.2, 0.25) is 0 Å². The first-order valence-electron chi connectivity index (χ1n) is 34.7. The molecule has 0 heterocycles. The van der Waals surface area contributed by atoms with Gasteiger partial charge in [-0.2, -0.15) is 0 Å². The fourth-order valence-corrected chi connectivity index (χ4v) is 9.84. The maximum Gasteiger partial charge on any atom is 0.306 e. The van der Waals surface area contributed by atoms with Crippen molar-refractivity contribution in [2.45, 2.75) is 348 Å². The van der Waals surface area contributed by atoms with E-state index >= 15 is 0 Å². The van der Waals surface area contributed by atoms with Gasteiger partial charge < -0.3 is 14.2 Å². The van der Waals surface area contributed by atoms with Crippen molar-refractivity contribution < 1.29 is 28.6 Å². The van der Waals surface area contributed by atoms with E-state index in [1.165, 1.54) is 186 Å². The molecule has 0 radical (unpaired) electrons. The number of hydrogen-bond acceptors (Lipinski definition) is 6. The molecule has 0 amide bonds. The Morgan fingerprint density at radius 3 is 0.815 bits per heavy atom. The Labute approximate surface area is 502 Å². The molecule has 0 aromatic heterocycles. The highest BCUT2D eigenvalue weighted by Crippen LogP contribution is 2.17. The number of carbonyl (C=O) groups excluding carboxylic acids is 3. The molecule has 0 bridgehead atoms. The summed E-state index contributed by atoms with van der Waals surface area (Å²) in [5.41, 5.74) is 0. The van der Waals surface area contributed by atoms with Crippen LogP contribution in [0.4, 0.5) is 0 Å². The molecule has 0 saturated heterocycles. The maximum atomic E-state index is 12.9. The average molecular weight is 1130 g/mol. The monoisotopic (exact) mass is 1130 g/mol. The van der Waals surface area contributed by atoms with Crippen molar-refractivity contribution in [2.75, 3.05) is 13.2 Å². The Bertz CT molecular complexity index is 1580. The first-order valence-corrected chi connectivity index (χ1v) is 34.7. The van der Waals surface area contributed by atoms with Gasteiger partial charge in [0.2, 0.25) is 0 Å². The van der Waals surface area contributed by atoms with E-state index < -0.39 is 6.10 Å². The number of unbranched alkanes of at least 4 members (excludes halogenated alkanes) is 36. The van der Waals surface area contributed by atoms with E-state index in [9.17, 15) is 14.4 Å². The lowest BCUT2D eigenvalue weighted by Gasteiger charge is -2.18. The third-order valence-corrected chi connectivity index (χ3v) is 15.0. The van der Waals surface area contributed by atoms with Crippen LogP contribution >= 0.6 is 0 Å². The smallest absolute Gasteiger partial charge is 0.306 e. The summed E-state index contributed by atoms with van der Waals surface area (Å²) in [6.45, 7) is 6.47. The van der Waals surface area contributed by atoms with Gasteiger partial charge in [-0.1, -0.05) is 304 Å². The number of esters is 3. The lowest BCUT2D eigenvalue weighted by molar-refractivity contribution is -0.167. The van der Waals surface area contributed by atoms with Gasteiger partial charge in [0, 0.05) is 19.3 Å². The summed E-state index contributed by atoms with van der Waals surface area (Å²) in [6.07, 6.45) is 93.1. The third-order valence-electron chi connectivity index (χ3n) is 15.0. The Morgan fingerprint density at radius 1 is 0.259 bits per heavy atom. The molecule has 0 fully saturated rings. The van der Waals surface area contributed by atoms with Crippen molar-refractivity contribution in [3.63, 3.8) is 0 Å². The minimum Gasteiger partial charge on any atom is -0.462 e. The van der Waals surface area contributed by atoms with Crippen LogP contribution in [-0.4, -0.2) is 37.2 Å². The first-order chi connectivity index (χ1) is 40.0. The molecule has 0 spiro atoms. The predicted octanol–water partition coefficient (Wildman–Crippen LogP) is 24.0. The summed E-state index contributed by atoms with van der Waals surface area (Å²) in [4.78, 5) is 38.3. The molecule has 1 unspecified atom stereocenters. The van der Waals surface area contributed by atoms with Crippen molar-refractivity contribution in [3.8, 4) is 0 Å². The quantitative estimate of drug-likeness (QED) is 0.0261. The van der Waals surface area contributed by atoms with Gasteiger partial charge in [-0.15, -0.1) is 0 Å². The van der Waals surface area contributed by atoms with Crippen LogP contribution in [0.3, 0.4) is 0 Å². The number of allylic oxidation sites excluding steroid dienone is 16. The molecule has 0 aromatic carbocycles. The van der Waals surface area contributed by atoms with E-state index in [1.54, 1.807) is 0 Å². The number of rotatable bonds is 63. The topological polar surface area (TPSA) is 78.9 Å². The molecule has 0 N–H and O–H groups in total. The van der Waals surface area contributed by atoms with Crippen LogP contribution in [0, 0.1) is 0 Å². The maximum absolute atomic E-state index is 12.9. The Hall–Kier alpha value is -3.67. The van der Waals surface area contributed by atoms with E-state index in [1.807, 2.05) is 0 Å². The predicted molar refractivity (Wildman–Crippen MR) is 353 cm³/mol. The van der Waals surface area contributed by atoms with Crippen LogP contribution in [0.15, 0.2) is 97.2 Å². The molecule has 0 aromatic rings. The van der Waals surface area contributed by atoms with Gasteiger partial charge in [0.1, 0.15) is 13.2 Å². The van der Waals surface area contributed by atoms with E-state index in [2.05, 4.69) is 118 Å². The molecule has 81 heavy (non-hydrogen) atoms. The molecule has 466 valence electrons. The summed E-state index contributed by atoms with van der Waals surface area (Å²) >= 11 is 0. The molecule has 6 heteroatoms. The summed E-state index contributed by atoms with van der Waals surface area (Å²) in [5, 5.41) is 0. The highest BCUT2D eigenvalue weighted by atomic mass is 16.6. The van der Waals surface area contributed by atoms with Crippen molar-refractivity contribution in [2.24, 2.45) is 0 Å². The third kappa shape index (κ3) is 67.0. The molecule has 0 aliphatic carbocycles. The van der Waals surface area contributed by atoms with Crippen LogP contribution in [0.1, 0.15) is 342 Å². The summed E-state index contributed by atoms with van der Waals surface area (Å²) < 4.78 is 16.9. The van der Waals surface area contributed by atoms with Crippen LogP contribution in [0.5, 0.6) is 0 Å². The second-order valence-electron chi connectivity index (χ2n) is 23.1. The summed E-state index contributed by atoms with van der Waals surface area (Å²) in [7, 11) is 0. The van der Waals surface area contributed by atoms with Crippen molar-refractivity contribution in [1.29, 1.82) is 0 Å². The Morgan fingerprint density at radius 2 is 0.494 bits per heavy atom. The summed E-state index contributed by atoms with van der Waals surface area (Å²) in [6, 6.07) is 0. The van der Waals surface area contributed by atoms with Gasteiger partial charge in [0.05, 0.1) is 0 Å². The molecule has 0 saturated carbocycles. The fraction of sp³-hybridized carbons (Fsp3) is 0.747. The largest absolute Gasteiger partial charge is 0.462 e. The van der Waals surface area contributed by atoms with E-state index in [-0.39, 0.29) is 37.5 Å². The molecular formula is C75H130O6.